The Morgan fingerprint density at radius 3 is 2.60 bits per heavy atom. The Balaban J connectivity index is 1.64. The third kappa shape index (κ3) is 3.78. The van der Waals surface area contributed by atoms with Gasteiger partial charge in [-0.25, -0.2) is 4.79 Å². The number of rotatable bonds is 7. The van der Waals surface area contributed by atoms with Crippen molar-refractivity contribution in [3.8, 4) is 22.6 Å². The van der Waals surface area contributed by atoms with Gasteiger partial charge in [0.1, 0.15) is 5.15 Å². The van der Waals surface area contributed by atoms with Gasteiger partial charge in [-0.2, -0.15) is 5.21 Å². The summed E-state index contributed by atoms with van der Waals surface area (Å²) >= 11 is 6.40. The molecule has 8 nitrogen and oxygen atoms in total. The van der Waals surface area contributed by atoms with Gasteiger partial charge in [-0.05, 0) is 29.7 Å². The molecule has 0 spiro atoms. The first-order valence-corrected chi connectivity index (χ1v) is 10.2. The van der Waals surface area contributed by atoms with E-state index in [2.05, 4.69) is 32.5 Å². The van der Waals surface area contributed by atoms with Gasteiger partial charge in [0, 0.05) is 24.4 Å². The molecule has 0 aliphatic carbocycles. The molecule has 9 heteroatoms. The van der Waals surface area contributed by atoms with Crippen LogP contribution >= 0.6 is 11.6 Å². The van der Waals surface area contributed by atoms with Crippen molar-refractivity contribution in [2.75, 3.05) is 0 Å². The van der Waals surface area contributed by atoms with E-state index in [4.69, 9.17) is 11.6 Å². The Hall–Kier alpha value is -3.26. The molecule has 0 saturated carbocycles. The van der Waals surface area contributed by atoms with E-state index < -0.39 is 0 Å². The van der Waals surface area contributed by atoms with Crippen LogP contribution < -0.4 is 5.69 Å². The van der Waals surface area contributed by atoms with E-state index >= 15 is 0 Å². The average molecular weight is 424 g/mol. The topological polar surface area (TPSA) is 94.3 Å². The molecule has 154 valence electrons. The number of aromatic nitrogens is 7. The minimum absolute atomic E-state index is 0.113. The highest BCUT2D eigenvalue weighted by Gasteiger charge is 2.17. The number of tetrazole rings is 1. The summed E-state index contributed by atoms with van der Waals surface area (Å²) in [6.45, 7) is 2.55. The molecule has 0 saturated heterocycles. The Morgan fingerprint density at radius 2 is 1.93 bits per heavy atom. The number of aromatic amines is 1. The standard InChI is InChI=1S/C21H22ClN7O/c1-3-4-9-18-19(22)28(2)21(30)29(18)13-14-10-11-17(23-12-14)15-7-5-6-8-16(15)20-24-26-27-25-20/h5-8,10-12H,3-4,9,13H2,1-2H3,(H,24,25,26,27). The van der Waals surface area contributed by atoms with Crippen LogP contribution in [-0.2, 0) is 20.0 Å². The largest absolute Gasteiger partial charge is 0.329 e. The van der Waals surface area contributed by atoms with Crippen LogP contribution in [0.5, 0.6) is 0 Å². The van der Waals surface area contributed by atoms with Gasteiger partial charge < -0.3 is 0 Å². The van der Waals surface area contributed by atoms with Crippen LogP contribution in [0.4, 0.5) is 0 Å². The fourth-order valence-corrected chi connectivity index (χ4v) is 3.74. The number of nitrogens with zero attached hydrogens (tertiary/aromatic N) is 6. The van der Waals surface area contributed by atoms with Crippen LogP contribution in [0.3, 0.4) is 0 Å². The van der Waals surface area contributed by atoms with Crippen LogP contribution in [0.1, 0.15) is 31.0 Å². The molecule has 0 bridgehead atoms. The monoisotopic (exact) mass is 423 g/mol. The van der Waals surface area contributed by atoms with Crippen LogP contribution in [0.25, 0.3) is 22.6 Å². The summed E-state index contributed by atoms with van der Waals surface area (Å²) in [5, 5.41) is 14.8. The Kier molecular flexibility index (Phi) is 5.76. The number of hydrogen-bond donors (Lipinski definition) is 1. The molecule has 30 heavy (non-hydrogen) atoms. The molecule has 0 aliphatic rings. The Labute approximate surface area is 178 Å². The first-order valence-electron chi connectivity index (χ1n) is 9.82. The highest BCUT2D eigenvalue weighted by Crippen LogP contribution is 2.28. The zero-order valence-corrected chi connectivity index (χ0v) is 17.6. The summed E-state index contributed by atoms with van der Waals surface area (Å²) in [6.07, 6.45) is 4.58. The van der Waals surface area contributed by atoms with Crippen LogP contribution in [-0.4, -0.2) is 34.7 Å². The van der Waals surface area contributed by atoms with E-state index in [0.717, 1.165) is 47.3 Å². The van der Waals surface area contributed by atoms with Crippen molar-refractivity contribution in [3.63, 3.8) is 0 Å². The average Bonchev–Trinajstić information content (AvgIpc) is 3.38. The van der Waals surface area contributed by atoms with E-state index in [0.29, 0.717) is 17.5 Å². The van der Waals surface area contributed by atoms with Crippen LogP contribution in [0.15, 0.2) is 47.4 Å². The van der Waals surface area contributed by atoms with Gasteiger partial charge in [0.15, 0.2) is 0 Å². The molecule has 4 rings (SSSR count). The van der Waals surface area contributed by atoms with Gasteiger partial charge in [-0.15, -0.1) is 10.2 Å². The first kappa shape index (κ1) is 20.0. The van der Waals surface area contributed by atoms with Crippen LogP contribution in [0, 0.1) is 0 Å². The number of hydrogen-bond acceptors (Lipinski definition) is 5. The maximum atomic E-state index is 12.6. The van der Waals surface area contributed by atoms with Crippen molar-refractivity contribution in [2.24, 2.45) is 7.05 Å². The summed E-state index contributed by atoms with van der Waals surface area (Å²) in [7, 11) is 1.70. The number of halogens is 1. The lowest BCUT2D eigenvalue weighted by Gasteiger charge is -2.09. The summed E-state index contributed by atoms with van der Waals surface area (Å²) < 4.78 is 3.23. The van der Waals surface area contributed by atoms with E-state index in [1.807, 2.05) is 36.4 Å². The first-order chi connectivity index (χ1) is 14.6. The maximum Gasteiger partial charge on any atom is 0.329 e. The maximum absolute atomic E-state index is 12.6. The van der Waals surface area contributed by atoms with Crippen LogP contribution in [0.2, 0.25) is 5.15 Å². The summed E-state index contributed by atoms with van der Waals surface area (Å²) in [4.78, 5) is 17.3. The van der Waals surface area contributed by atoms with Gasteiger partial charge in [0.05, 0.1) is 17.9 Å². The zero-order valence-electron chi connectivity index (χ0n) is 16.8. The van der Waals surface area contributed by atoms with E-state index in [1.165, 1.54) is 4.57 Å². The molecule has 1 aromatic carbocycles. The number of unbranched alkanes of at least 4 members (excludes halogenated alkanes) is 1. The fraction of sp³-hybridized carbons (Fsp3) is 0.286. The second kappa shape index (κ2) is 8.62. The second-order valence-electron chi connectivity index (χ2n) is 7.10. The lowest BCUT2D eigenvalue weighted by molar-refractivity contribution is 0.666. The van der Waals surface area contributed by atoms with Crippen molar-refractivity contribution in [2.45, 2.75) is 32.7 Å². The number of pyridine rings is 1. The third-order valence-corrected chi connectivity index (χ3v) is 5.57. The van der Waals surface area contributed by atoms with Crippen molar-refractivity contribution in [1.82, 2.24) is 34.7 Å². The molecule has 0 aliphatic heterocycles. The minimum Gasteiger partial charge on any atom is -0.290 e. The summed E-state index contributed by atoms with van der Waals surface area (Å²) in [5.41, 5.74) is 4.24. The summed E-state index contributed by atoms with van der Waals surface area (Å²) in [5.74, 6) is 0.516. The SMILES string of the molecule is CCCCc1c(Cl)n(C)c(=O)n1Cc1ccc(-c2ccccc2-c2nn[nH]n2)nc1. The minimum atomic E-state index is -0.113. The van der Waals surface area contributed by atoms with Crippen molar-refractivity contribution >= 4 is 11.6 Å². The lowest BCUT2D eigenvalue weighted by atomic mass is 10.0. The molecular weight excluding hydrogens is 402 g/mol. The zero-order chi connectivity index (χ0) is 21.1. The Morgan fingerprint density at radius 1 is 1.13 bits per heavy atom. The molecule has 4 aromatic rings. The van der Waals surface area contributed by atoms with Crippen molar-refractivity contribution in [3.05, 3.63) is 69.5 Å². The Bertz CT molecular complexity index is 1190. The highest BCUT2D eigenvalue weighted by atomic mass is 35.5. The van der Waals surface area contributed by atoms with E-state index in [-0.39, 0.29) is 5.69 Å². The molecule has 3 heterocycles. The number of H-pyrrole nitrogens is 1. The van der Waals surface area contributed by atoms with Crippen molar-refractivity contribution < 1.29 is 0 Å². The number of nitrogens with one attached hydrogen (secondary N) is 1. The van der Waals surface area contributed by atoms with Gasteiger partial charge in [0.25, 0.3) is 0 Å². The van der Waals surface area contributed by atoms with Gasteiger partial charge in [-0.3, -0.25) is 14.1 Å². The number of imidazole rings is 1. The molecule has 0 atom stereocenters. The van der Waals surface area contributed by atoms with E-state index in [9.17, 15) is 4.79 Å². The van der Waals surface area contributed by atoms with Gasteiger partial charge >= 0.3 is 5.69 Å². The molecule has 3 aromatic heterocycles. The predicted octanol–water partition coefficient (Wildman–Crippen LogP) is 3.47. The lowest BCUT2D eigenvalue weighted by Crippen LogP contribution is -2.24. The molecule has 0 radical (unpaired) electrons. The smallest absolute Gasteiger partial charge is 0.290 e. The molecule has 0 unspecified atom stereocenters. The molecule has 0 fully saturated rings. The second-order valence-corrected chi connectivity index (χ2v) is 7.46. The molecular formula is C21H22ClN7O. The molecule has 0 amide bonds. The predicted molar refractivity (Wildman–Crippen MR) is 115 cm³/mol. The van der Waals surface area contributed by atoms with Gasteiger partial charge in [-0.1, -0.05) is 55.3 Å². The molecule has 1 N–H and O–H groups in total. The highest BCUT2D eigenvalue weighted by molar-refractivity contribution is 6.30. The van der Waals surface area contributed by atoms with E-state index in [1.54, 1.807) is 17.8 Å². The number of benzene rings is 1. The quantitative estimate of drug-likeness (QED) is 0.491. The summed E-state index contributed by atoms with van der Waals surface area (Å²) in [6, 6.07) is 11.7. The third-order valence-electron chi connectivity index (χ3n) is 5.10. The van der Waals surface area contributed by atoms with Gasteiger partial charge in [0.2, 0.25) is 5.82 Å². The fourth-order valence-electron chi connectivity index (χ4n) is 3.47. The van der Waals surface area contributed by atoms with Crippen molar-refractivity contribution in [1.29, 1.82) is 0 Å². The normalized spacial score (nSPS) is 11.2.